The SMILES string of the molecule is CC(NC(=O)Nc1ccccc1)C(=O)NC(C)(C)CN.Cl. The zero-order chi connectivity index (χ0) is 15.2. The van der Waals surface area contributed by atoms with Gasteiger partial charge in [-0.15, -0.1) is 12.4 Å². The molecule has 0 bridgehead atoms. The van der Waals surface area contributed by atoms with Gasteiger partial charge in [-0.1, -0.05) is 18.2 Å². The first kappa shape index (κ1) is 19.2. The van der Waals surface area contributed by atoms with E-state index in [1.165, 1.54) is 0 Å². The van der Waals surface area contributed by atoms with Crippen LogP contribution in [0.2, 0.25) is 0 Å². The summed E-state index contributed by atoms with van der Waals surface area (Å²) in [5.74, 6) is -0.274. The Kier molecular flexibility index (Phi) is 7.76. The van der Waals surface area contributed by atoms with E-state index in [1.807, 2.05) is 32.0 Å². The number of rotatable bonds is 5. The van der Waals surface area contributed by atoms with E-state index < -0.39 is 17.6 Å². The maximum absolute atomic E-state index is 11.9. The van der Waals surface area contributed by atoms with Crippen molar-refractivity contribution in [1.82, 2.24) is 10.6 Å². The highest BCUT2D eigenvalue weighted by Crippen LogP contribution is 2.04. The number of hydrogen-bond acceptors (Lipinski definition) is 3. The minimum absolute atomic E-state index is 0. The van der Waals surface area contributed by atoms with Gasteiger partial charge in [0.15, 0.2) is 0 Å². The van der Waals surface area contributed by atoms with Crippen molar-refractivity contribution in [3.63, 3.8) is 0 Å². The summed E-state index contributed by atoms with van der Waals surface area (Å²) < 4.78 is 0. The smallest absolute Gasteiger partial charge is 0.319 e. The van der Waals surface area contributed by atoms with E-state index in [-0.39, 0.29) is 18.3 Å². The quantitative estimate of drug-likeness (QED) is 0.662. The second-order valence-corrected chi connectivity index (χ2v) is 5.26. The summed E-state index contributed by atoms with van der Waals surface area (Å²) in [6.45, 7) is 5.58. The maximum atomic E-state index is 11.9. The van der Waals surface area contributed by atoms with Gasteiger partial charge in [-0.25, -0.2) is 4.79 Å². The molecule has 1 rings (SSSR count). The average Bonchev–Trinajstić information content (AvgIpc) is 2.39. The van der Waals surface area contributed by atoms with Crippen LogP contribution in [0.1, 0.15) is 20.8 Å². The third-order valence-corrected chi connectivity index (χ3v) is 2.74. The predicted octanol–water partition coefficient (Wildman–Crippen LogP) is 1.47. The van der Waals surface area contributed by atoms with Crippen molar-refractivity contribution < 1.29 is 9.59 Å². The fourth-order valence-corrected chi connectivity index (χ4v) is 1.44. The van der Waals surface area contributed by atoms with Crippen LogP contribution in [0.4, 0.5) is 10.5 Å². The van der Waals surface area contributed by atoms with Gasteiger partial charge in [0.25, 0.3) is 0 Å². The van der Waals surface area contributed by atoms with E-state index in [0.717, 1.165) is 0 Å². The van der Waals surface area contributed by atoms with Gasteiger partial charge in [-0.05, 0) is 32.9 Å². The van der Waals surface area contributed by atoms with E-state index in [2.05, 4.69) is 16.0 Å². The number of carbonyl (C=O) groups is 2. The number of halogens is 1. The Labute approximate surface area is 131 Å². The van der Waals surface area contributed by atoms with Crippen LogP contribution in [0, 0.1) is 0 Å². The number of urea groups is 1. The summed E-state index contributed by atoms with van der Waals surface area (Å²) in [6.07, 6.45) is 0. The van der Waals surface area contributed by atoms with Crippen LogP contribution in [0.15, 0.2) is 30.3 Å². The molecule has 5 N–H and O–H groups in total. The maximum Gasteiger partial charge on any atom is 0.319 e. The van der Waals surface area contributed by atoms with Crippen molar-refractivity contribution in [3.8, 4) is 0 Å². The van der Waals surface area contributed by atoms with Gasteiger partial charge in [-0.2, -0.15) is 0 Å². The molecule has 0 aliphatic rings. The molecular weight excluding hydrogens is 292 g/mol. The molecule has 3 amide bonds. The van der Waals surface area contributed by atoms with Crippen molar-refractivity contribution in [2.75, 3.05) is 11.9 Å². The second-order valence-electron chi connectivity index (χ2n) is 5.26. The van der Waals surface area contributed by atoms with Crippen molar-refractivity contribution in [2.24, 2.45) is 5.73 Å². The van der Waals surface area contributed by atoms with E-state index >= 15 is 0 Å². The lowest BCUT2D eigenvalue weighted by Gasteiger charge is -2.26. The molecule has 0 aromatic heterocycles. The monoisotopic (exact) mass is 314 g/mol. The molecule has 0 heterocycles. The molecule has 1 atom stereocenters. The van der Waals surface area contributed by atoms with E-state index in [9.17, 15) is 9.59 Å². The van der Waals surface area contributed by atoms with E-state index in [4.69, 9.17) is 5.73 Å². The topological polar surface area (TPSA) is 96.2 Å². The van der Waals surface area contributed by atoms with Gasteiger partial charge >= 0.3 is 6.03 Å². The van der Waals surface area contributed by atoms with Crippen molar-refractivity contribution in [2.45, 2.75) is 32.4 Å². The minimum atomic E-state index is -0.649. The molecule has 7 heteroatoms. The van der Waals surface area contributed by atoms with Crippen LogP contribution in [0.3, 0.4) is 0 Å². The van der Waals surface area contributed by atoms with E-state index in [0.29, 0.717) is 12.2 Å². The Balaban J connectivity index is 0.00000400. The van der Waals surface area contributed by atoms with Crippen LogP contribution in [0.5, 0.6) is 0 Å². The van der Waals surface area contributed by atoms with Crippen molar-refractivity contribution in [1.29, 1.82) is 0 Å². The summed E-state index contributed by atoms with van der Waals surface area (Å²) in [5.41, 5.74) is 5.71. The highest BCUT2D eigenvalue weighted by atomic mass is 35.5. The zero-order valence-electron chi connectivity index (χ0n) is 12.5. The fourth-order valence-electron chi connectivity index (χ4n) is 1.44. The molecule has 0 spiro atoms. The zero-order valence-corrected chi connectivity index (χ0v) is 13.3. The van der Waals surface area contributed by atoms with Gasteiger partial charge in [0.1, 0.15) is 6.04 Å². The largest absolute Gasteiger partial charge is 0.348 e. The first-order valence-corrected chi connectivity index (χ1v) is 6.49. The number of nitrogens with two attached hydrogens (primary N) is 1. The lowest BCUT2D eigenvalue weighted by Crippen LogP contribution is -2.55. The summed E-state index contributed by atoms with van der Waals surface area (Å²) in [4.78, 5) is 23.6. The van der Waals surface area contributed by atoms with Crippen LogP contribution in [-0.2, 0) is 4.79 Å². The average molecular weight is 315 g/mol. The van der Waals surface area contributed by atoms with Crippen LogP contribution >= 0.6 is 12.4 Å². The predicted molar refractivity (Wildman–Crippen MR) is 86.6 cm³/mol. The summed E-state index contributed by atoms with van der Waals surface area (Å²) >= 11 is 0. The molecule has 1 aromatic carbocycles. The van der Waals surface area contributed by atoms with Crippen LogP contribution < -0.4 is 21.7 Å². The molecule has 0 aliphatic heterocycles. The molecule has 0 fully saturated rings. The Hall–Kier alpha value is -1.79. The number of hydrogen-bond donors (Lipinski definition) is 4. The van der Waals surface area contributed by atoms with Crippen molar-refractivity contribution in [3.05, 3.63) is 30.3 Å². The molecule has 0 saturated heterocycles. The number of para-hydroxylation sites is 1. The Morgan fingerprint density at radius 2 is 1.81 bits per heavy atom. The lowest BCUT2D eigenvalue weighted by atomic mass is 10.1. The van der Waals surface area contributed by atoms with Crippen molar-refractivity contribution >= 4 is 30.0 Å². The fraction of sp³-hybridized carbons (Fsp3) is 0.429. The molecule has 6 nitrogen and oxygen atoms in total. The van der Waals surface area contributed by atoms with Crippen LogP contribution in [-0.4, -0.2) is 30.1 Å². The first-order valence-electron chi connectivity index (χ1n) is 6.49. The Morgan fingerprint density at radius 3 is 2.33 bits per heavy atom. The van der Waals surface area contributed by atoms with Gasteiger partial charge in [0.05, 0.1) is 0 Å². The van der Waals surface area contributed by atoms with Gasteiger partial charge in [0.2, 0.25) is 5.91 Å². The molecule has 0 saturated carbocycles. The summed E-state index contributed by atoms with van der Waals surface area (Å²) in [6, 6.07) is 7.94. The number of benzene rings is 1. The normalized spacial score (nSPS) is 11.8. The standard InChI is InChI=1S/C14H22N4O2.ClH/c1-10(12(19)18-14(2,3)9-15)16-13(20)17-11-7-5-4-6-8-11;/h4-8,10H,9,15H2,1-3H3,(H,18,19)(H2,16,17,20);1H. The summed E-state index contributed by atoms with van der Waals surface area (Å²) in [7, 11) is 0. The number of anilines is 1. The third kappa shape index (κ3) is 6.97. The number of carbonyl (C=O) groups excluding carboxylic acids is 2. The van der Waals surface area contributed by atoms with Gasteiger partial charge < -0.3 is 21.7 Å². The van der Waals surface area contributed by atoms with Gasteiger partial charge in [-0.3, -0.25) is 4.79 Å². The van der Waals surface area contributed by atoms with E-state index in [1.54, 1.807) is 19.1 Å². The molecular formula is C14H23ClN4O2. The highest BCUT2D eigenvalue weighted by Gasteiger charge is 2.23. The summed E-state index contributed by atoms with van der Waals surface area (Å²) in [5, 5.41) is 7.99. The molecule has 0 radical (unpaired) electrons. The van der Waals surface area contributed by atoms with Gasteiger partial charge in [0, 0.05) is 17.8 Å². The minimum Gasteiger partial charge on any atom is -0.348 e. The molecule has 118 valence electrons. The number of amides is 3. The molecule has 0 aliphatic carbocycles. The molecule has 1 aromatic rings. The Bertz CT molecular complexity index is 465. The first-order chi connectivity index (χ1) is 9.34. The number of nitrogens with one attached hydrogen (secondary N) is 3. The molecule has 21 heavy (non-hydrogen) atoms. The third-order valence-electron chi connectivity index (χ3n) is 2.74. The lowest BCUT2D eigenvalue weighted by molar-refractivity contribution is -0.124. The second kappa shape index (κ2) is 8.49. The Morgan fingerprint density at radius 1 is 1.24 bits per heavy atom. The van der Waals surface area contributed by atoms with Crippen LogP contribution in [0.25, 0.3) is 0 Å². The highest BCUT2D eigenvalue weighted by molar-refractivity contribution is 5.93. The molecule has 1 unspecified atom stereocenters.